The monoisotopic (exact) mass is 301 g/mol. The quantitative estimate of drug-likeness (QED) is 0.761. The van der Waals surface area contributed by atoms with Crippen molar-refractivity contribution < 1.29 is 4.79 Å². The SMILES string of the molecule is CSC(C)(C)CNC(=O)NCCCc1nc(C)cs1. The van der Waals surface area contributed by atoms with Crippen LogP contribution in [0.4, 0.5) is 4.79 Å². The smallest absolute Gasteiger partial charge is 0.314 e. The zero-order valence-electron chi connectivity index (χ0n) is 12.1. The van der Waals surface area contributed by atoms with Crippen molar-refractivity contribution in [1.29, 1.82) is 0 Å². The molecule has 2 N–H and O–H groups in total. The summed E-state index contributed by atoms with van der Waals surface area (Å²) < 4.78 is 0.0791. The highest BCUT2D eigenvalue weighted by Gasteiger charge is 2.16. The molecule has 4 nitrogen and oxygen atoms in total. The van der Waals surface area contributed by atoms with Crippen LogP contribution in [0.5, 0.6) is 0 Å². The third-order valence-corrected chi connectivity index (χ3v) is 5.02. The Morgan fingerprint density at radius 2 is 2.21 bits per heavy atom. The number of aryl methyl sites for hydroxylation is 2. The first-order valence-corrected chi connectivity index (χ1v) is 8.51. The zero-order chi connectivity index (χ0) is 14.3. The Balaban J connectivity index is 2.10. The van der Waals surface area contributed by atoms with Gasteiger partial charge in [0.1, 0.15) is 0 Å². The van der Waals surface area contributed by atoms with E-state index in [2.05, 4.69) is 41.1 Å². The maximum atomic E-state index is 11.6. The Morgan fingerprint density at radius 3 is 2.79 bits per heavy atom. The van der Waals surface area contributed by atoms with Crippen LogP contribution in [-0.4, -0.2) is 35.1 Å². The van der Waals surface area contributed by atoms with Gasteiger partial charge < -0.3 is 10.6 Å². The minimum Gasteiger partial charge on any atom is -0.338 e. The molecule has 108 valence electrons. The number of hydrogen-bond donors (Lipinski definition) is 2. The van der Waals surface area contributed by atoms with Gasteiger partial charge in [0.15, 0.2) is 0 Å². The summed E-state index contributed by atoms with van der Waals surface area (Å²) in [5, 5.41) is 8.96. The van der Waals surface area contributed by atoms with Gasteiger partial charge in [-0.3, -0.25) is 0 Å². The molecule has 1 aromatic heterocycles. The number of thiazole rings is 1. The van der Waals surface area contributed by atoms with E-state index in [1.54, 1.807) is 23.1 Å². The molecule has 1 rings (SSSR count). The maximum absolute atomic E-state index is 11.6. The number of carbonyl (C=O) groups excluding carboxylic acids is 1. The molecular formula is C13H23N3OS2. The summed E-state index contributed by atoms with van der Waals surface area (Å²) >= 11 is 3.43. The Hall–Kier alpha value is -0.750. The molecule has 1 heterocycles. The van der Waals surface area contributed by atoms with Crippen molar-refractivity contribution in [2.24, 2.45) is 0 Å². The van der Waals surface area contributed by atoms with Crippen LogP contribution < -0.4 is 10.6 Å². The van der Waals surface area contributed by atoms with Crippen LogP contribution in [0.2, 0.25) is 0 Å². The van der Waals surface area contributed by atoms with Gasteiger partial charge in [0, 0.05) is 35.3 Å². The van der Waals surface area contributed by atoms with Crippen molar-refractivity contribution in [2.75, 3.05) is 19.3 Å². The average molecular weight is 301 g/mol. The highest BCUT2D eigenvalue weighted by atomic mass is 32.2. The number of rotatable bonds is 7. The topological polar surface area (TPSA) is 54.0 Å². The van der Waals surface area contributed by atoms with E-state index in [9.17, 15) is 4.79 Å². The van der Waals surface area contributed by atoms with Crippen molar-refractivity contribution in [1.82, 2.24) is 15.6 Å². The third-order valence-electron chi connectivity index (χ3n) is 2.75. The van der Waals surface area contributed by atoms with Gasteiger partial charge in [-0.2, -0.15) is 11.8 Å². The van der Waals surface area contributed by atoms with E-state index >= 15 is 0 Å². The summed E-state index contributed by atoms with van der Waals surface area (Å²) in [6.07, 6.45) is 3.90. The lowest BCUT2D eigenvalue weighted by atomic mass is 10.2. The van der Waals surface area contributed by atoms with Gasteiger partial charge in [0.25, 0.3) is 0 Å². The summed E-state index contributed by atoms with van der Waals surface area (Å²) in [4.78, 5) is 16.0. The van der Waals surface area contributed by atoms with E-state index < -0.39 is 0 Å². The molecule has 1 aromatic rings. The Labute approximate surface area is 123 Å². The summed E-state index contributed by atoms with van der Waals surface area (Å²) in [7, 11) is 0. The molecule has 0 unspecified atom stereocenters. The number of hydrogen-bond acceptors (Lipinski definition) is 4. The molecular weight excluding hydrogens is 278 g/mol. The van der Waals surface area contributed by atoms with Crippen LogP contribution in [0, 0.1) is 6.92 Å². The molecule has 0 saturated heterocycles. The normalized spacial score (nSPS) is 11.4. The van der Waals surface area contributed by atoms with Crippen molar-refractivity contribution in [3.8, 4) is 0 Å². The summed E-state index contributed by atoms with van der Waals surface area (Å²) in [5.74, 6) is 0. The fourth-order valence-electron chi connectivity index (χ4n) is 1.39. The Morgan fingerprint density at radius 1 is 1.47 bits per heavy atom. The van der Waals surface area contributed by atoms with Crippen molar-refractivity contribution in [3.63, 3.8) is 0 Å². The van der Waals surface area contributed by atoms with Crippen LogP contribution in [0.25, 0.3) is 0 Å². The predicted octanol–water partition coefficient (Wildman–Crippen LogP) is 2.82. The molecule has 0 radical (unpaired) electrons. The predicted molar refractivity (Wildman–Crippen MR) is 84.2 cm³/mol. The van der Waals surface area contributed by atoms with Gasteiger partial charge >= 0.3 is 6.03 Å². The lowest BCUT2D eigenvalue weighted by Gasteiger charge is -2.22. The highest BCUT2D eigenvalue weighted by Crippen LogP contribution is 2.19. The molecule has 0 atom stereocenters. The second-order valence-corrected chi connectivity index (χ2v) is 7.52. The molecule has 19 heavy (non-hydrogen) atoms. The van der Waals surface area contributed by atoms with Gasteiger partial charge in [-0.1, -0.05) is 0 Å². The van der Waals surface area contributed by atoms with Gasteiger partial charge in [-0.05, 0) is 33.4 Å². The molecule has 0 aliphatic rings. The molecule has 0 aliphatic carbocycles. The van der Waals surface area contributed by atoms with Crippen LogP contribution >= 0.6 is 23.1 Å². The zero-order valence-corrected chi connectivity index (χ0v) is 13.7. The van der Waals surface area contributed by atoms with Crippen molar-refractivity contribution in [2.45, 2.75) is 38.4 Å². The number of thioether (sulfide) groups is 1. The molecule has 2 amide bonds. The first kappa shape index (κ1) is 16.3. The van der Waals surface area contributed by atoms with Gasteiger partial charge in [0.2, 0.25) is 0 Å². The highest BCUT2D eigenvalue weighted by molar-refractivity contribution is 7.99. The van der Waals surface area contributed by atoms with Crippen LogP contribution in [0.3, 0.4) is 0 Å². The second kappa shape index (κ2) is 7.75. The lowest BCUT2D eigenvalue weighted by molar-refractivity contribution is 0.240. The number of carbonyl (C=O) groups is 1. The van der Waals surface area contributed by atoms with Crippen LogP contribution in [0.1, 0.15) is 31.0 Å². The minimum absolute atomic E-state index is 0.0791. The number of aromatic nitrogens is 1. The van der Waals surface area contributed by atoms with E-state index in [1.165, 1.54) is 0 Å². The molecule has 0 bridgehead atoms. The summed E-state index contributed by atoms with van der Waals surface area (Å²) in [6.45, 7) is 7.58. The van der Waals surface area contributed by atoms with E-state index in [-0.39, 0.29) is 10.8 Å². The van der Waals surface area contributed by atoms with Crippen LogP contribution in [-0.2, 0) is 6.42 Å². The van der Waals surface area contributed by atoms with Gasteiger partial charge in [-0.25, -0.2) is 9.78 Å². The van der Waals surface area contributed by atoms with E-state index in [0.717, 1.165) is 23.5 Å². The standard InChI is InChI=1S/C13H23N3OS2/c1-10-8-19-11(16-10)6-5-7-14-12(17)15-9-13(2,3)18-4/h8H,5-7,9H2,1-4H3,(H2,14,15,17). The van der Waals surface area contributed by atoms with E-state index in [0.29, 0.717) is 13.1 Å². The minimum atomic E-state index is -0.0857. The summed E-state index contributed by atoms with van der Waals surface area (Å²) in [6, 6.07) is -0.0857. The Kier molecular flexibility index (Phi) is 6.65. The summed E-state index contributed by atoms with van der Waals surface area (Å²) in [5.41, 5.74) is 1.07. The lowest BCUT2D eigenvalue weighted by Crippen LogP contribution is -2.42. The number of nitrogens with zero attached hydrogens (tertiary/aromatic N) is 1. The molecule has 0 saturated carbocycles. The third kappa shape index (κ3) is 6.82. The first-order valence-electron chi connectivity index (χ1n) is 6.41. The first-order chi connectivity index (χ1) is 8.93. The Bertz CT molecular complexity index is 404. The van der Waals surface area contributed by atoms with Crippen molar-refractivity contribution in [3.05, 3.63) is 16.1 Å². The maximum Gasteiger partial charge on any atom is 0.314 e. The number of urea groups is 1. The molecule has 0 aliphatic heterocycles. The number of amides is 2. The van der Waals surface area contributed by atoms with Gasteiger partial charge in [0.05, 0.1) is 5.01 Å². The second-order valence-electron chi connectivity index (χ2n) is 5.06. The number of nitrogens with one attached hydrogen (secondary N) is 2. The molecule has 0 fully saturated rings. The fourth-order valence-corrected chi connectivity index (χ4v) is 2.42. The molecule has 0 aromatic carbocycles. The average Bonchev–Trinajstić information content (AvgIpc) is 2.78. The molecule has 6 heteroatoms. The fraction of sp³-hybridized carbons (Fsp3) is 0.692. The van der Waals surface area contributed by atoms with Gasteiger partial charge in [-0.15, -0.1) is 11.3 Å². The van der Waals surface area contributed by atoms with Crippen LogP contribution in [0.15, 0.2) is 5.38 Å². The largest absolute Gasteiger partial charge is 0.338 e. The van der Waals surface area contributed by atoms with E-state index in [4.69, 9.17) is 0 Å². The van der Waals surface area contributed by atoms with Crippen molar-refractivity contribution >= 4 is 29.1 Å². The molecule has 0 spiro atoms. The van der Waals surface area contributed by atoms with E-state index in [1.807, 2.05) is 6.92 Å².